The lowest BCUT2D eigenvalue weighted by atomic mass is 10.0. The molecule has 1 heterocycles. The van der Waals surface area contributed by atoms with Gasteiger partial charge in [0.1, 0.15) is 6.07 Å². The van der Waals surface area contributed by atoms with Gasteiger partial charge in [0.25, 0.3) is 0 Å². The molecule has 4 nitrogen and oxygen atoms in total. The van der Waals surface area contributed by atoms with Crippen molar-refractivity contribution in [1.29, 1.82) is 5.26 Å². The Kier molecular flexibility index (Phi) is 3.40. The Hall–Kier alpha value is -1.89. The fraction of sp³-hybridized carbons (Fsp3) is 0.364. The molecule has 1 aromatic rings. The van der Waals surface area contributed by atoms with Gasteiger partial charge in [-0.15, -0.1) is 0 Å². The topological polar surface area (TPSA) is 63.0 Å². The molecule has 15 heavy (non-hydrogen) atoms. The summed E-state index contributed by atoms with van der Waals surface area (Å²) in [7, 11) is 1.29. The van der Waals surface area contributed by atoms with Crippen LogP contribution in [0.1, 0.15) is 41.4 Å². The molecule has 0 aromatic carbocycles. The van der Waals surface area contributed by atoms with Gasteiger partial charge in [-0.25, -0.2) is 4.79 Å². The van der Waals surface area contributed by atoms with Crippen LogP contribution in [0.15, 0.2) is 12.3 Å². The monoisotopic (exact) mass is 204 g/mol. The highest BCUT2D eigenvalue weighted by Gasteiger charge is 2.14. The maximum absolute atomic E-state index is 11.4. The van der Waals surface area contributed by atoms with E-state index >= 15 is 0 Å². The van der Waals surface area contributed by atoms with E-state index in [4.69, 9.17) is 5.26 Å². The van der Waals surface area contributed by atoms with Crippen molar-refractivity contribution in [3.8, 4) is 6.07 Å². The Bertz CT molecular complexity index is 419. The number of esters is 1. The molecule has 1 aromatic heterocycles. The van der Waals surface area contributed by atoms with Gasteiger partial charge >= 0.3 is 5.97 Å². The summed E-state index contributed by atoms with van der Waals surface area (Å²) in [6, 6.07) is 3.52. The second-order valence-corrected chi connectivity index (χ2v) is 3.41. The smallest absolute Gasteiger partial charge is 0.339 e. The second-order valence-electron chi connectivity index (χ2n) is 3.41. The maximum atomic E-state index is 11.4. The minimum atomic E-state index is -0.504. The van der Waals surface area contributed by atoms with Crippen LogP contribution in [-0.2, 0) is 4.74 Å². The normalized spacial score (nSPS) is 9.80. The van der Waals surface area contributed by atoms with Crippen LogP contribution in [0, 0.1) is 11.3 Å². The van der Waals surface area contributed by atoms with Crippen molar-refractivity contribution >= 4 is 5.97 Å². The van der Waals surface area contributed by atoms with Gasteiger partial charge in [0.05, 0.1) is 18.2 Å². The average molecular weight is 204 g/mol. The van der Waals surface area contributed by atoms with Crippen LogP contribution in [0.25, 0.3) is 0 Å². The number of aromatic nitrogens is 1. The van der Waals surface area contributed by atoms with Crippen LogP contribution in [0.2, 0.25) is 0 Å². The molecule has 0 aliphatic heterocycles. The molecule has 0 N–H and O–H groups in total. The maximum Gasteiger partial charge on any atom is 0.339 e. The molecule has 0 aliphatic rings. The lowest BCUT2D eigenvalue weighted by molar-refractivity contribution is 0.0600. The molecule has 0 bridgehead atoms. The van der Waals surface area contributed by atoms with Gasteiger partial charge in [-0.2, -0.15) is 5.26 Å². The SMILES string of the molecule is COC(=O)c1cc(C(C)C)ncc1C#N. The lowest BCUT2D eigenvalue weighted by Gasteiger charge is -2.07. The van der Waals surface area contributed by atoms with Crippen molar-refractivity contribution in [2.24, 2.45) is 0 Å². The number of hydrogen-bond donors (Lipinski definition) is 0. The Balaban J connectivity index is 3.27. The first-order chi connectivity index (χ1) is 7.10. The number of hydrogen-bond acceptors (Lipinski definition) is 4. The molecule has 78 valence electrons. The largest absolute Gasteiger partial charge is 0.465 e. The van der Waals surface area contributed by atoms with E-state index < -0.39 is 5.97 Å². The fourth-order valence-corrected chi connectivity index (χ4v) is 1.16. The van der Waals surface area contributed by atoms with E-state index in [0.29, 0.717) is 0 Å². The van der Waals surface area contributed by atoms with E-state index in [1.165, 1.54) is 13.3 Å². The zero-order valence-electron chi connectivity index (χ0n) is 8.94. The molecule has 0 atom stereocenters. The lowest BCUT2D eigenvalue weighted by Crippen LogP contribution is -2.07. The third kappa shape index (κ3) is 2.32. The summed E-state index contributed by atoms with van der Waals surface area (Å²) in [6.07, 6.45) is 1.40. The summed E-state index contributed by atoms with van der Waals surface area (Å²) in [5.41, 5.74) is 1.29. The number of nitriles is 1. The van der Waals surface area contributed by atoms with E-state index in [0.717, 1.165) is 5.69 Å². The van der Waals surface area contributed by atoms with Crippen LogP contribution in [0.5, 0.6) is 0 Å². The average Bonchev–Trinajstić information content (AvgIpc) is 2.27. The number of ether oxygens (including phenoxy) is 1. The molecule has 1 rings (SSSR count). The molecule has 4 heteroatoms. The quantitative estimate of drug-likeness (QED) is 0.690. The predicted octanol–water partition coefficient (Wildman–Crippen LogP) is 1.86. The minimum absolute atomic E-state index is 0.209. The molecule has 0 radical (unpaired) electrons. The summed E-state index contributed by atoms with van der Waals surface area (Å²) >= 11 is 0. The molecular formula is C11H12N2O2. The molecule has 0 saturated heterocycles. The van der Waals surface area contributed by atoms with Crippen LogP contribution in [-0.4, -0.2) is 18.1 Å². The predicted molar refractivity (Wildman–Crippen MR) is 54.4 cm³/mol. The Labute approximate surface area is 88.5 Å². The minimum Gasteiger partial charge on any atom is -0.465 e. The van der Waals surface area contributed by atoms with E-state index in [2.05, 4.69) is 9.72 Å². The fourth-order valence-electron chi connectivity index (χ4n) is 1.16. The molecule has 0 amide bonds. The Morgan fingerprint density at radius 3 is 2.73 bits per heavy atom. The highest BCUT2D eigenvalue weighted by molar-refractivity contribution is 5.92. The standard InChI is InChI=1S/C11H12N2O2/c1-7(2)10-4-9(11(14)15-3)8(5-12)6-13-10/h4,6-7H,1-3H3. The van der Waals surface area contributed by atoms with E-state index in [1.54, 1.807) is 6.07 Å². The van der Waals surface area contributed by atoms with E-state index in [1.807, 2.05) is 19.9 Å². The molecule has 0 fully saturated rings. The number of nitrogens with zero attached hydrogens (tertiary/aromatic N) is 2. The van der Waals surface area contributed by atoms with E-state index in [-0.39, 0.29) is 17.0 Å². The Morgan fingerprint density at radius 1 is 1.60 bits per heavy atom. The van der Waals surface area contributed by atoms with Crippen molar-refractivity contribution in [2.75, 3.05) is 7.11 Å². The molecule has 0 saturated carbocycles. The highest BCUT2D eigenvalue weighted by Crippen LogP contribution is 2.16. The number of rotatable bonds is 2. The first-order valence-electron chi connectivity index (χ1n) is 4.58. The van der Waals surface area contributed by atoms with Crippen molar-refractivity contribution in [3.63, 3.8) is 0 Å². The summed E-state index contributed by atoms with van der Waals surface area (Å²) in [4.78, 5) is 15.5. The molecule has 0 spiro atoms. The van der Waals surface area contributed by atoms with Crippen molar-refractivity contribution in [1.82, 2.24) is 4.98 Å². The van der Waals surface area contributed by atoms with Crippen LogP contribution in [0.4, 0.5) is 0 Å². The van der Waals surface area contributed by atoms with Gasteiger partial charge < -0.3 is 4.74 Å². The molecule has 0 unspecified atom stereocenters. The summed E-state index contributed by atoms with van der Waals surface area (Å²) in [6.45, 7) is 3.94. The summed E-state index contributed by atoms with van der Waals surface area (Å²) in [5, 5.41) is 8.79. The molecule has 0 aliphatic carbocycles. The number of carbonyl (C=O) groups is 1. The first-order valence-corrected chi connectivity index (χ1v) is 4.58. The van der Waals surface area contributed by atoms with Gasteiger partial charge in [-0.3, -0.25) is 4.98 Å². The first kappa shape index (κ1) is 11.2. The second kappa shape index (κ2) is 4.56. The third-order valence-electron chi connectivity index (χ3n) is 2.04. The van der Waals surface area contributed by atoms with Crippen LogP contribution >= 0.6 is 0 Å². The van der Waals surface area contributed by atoms with Gasteiger partial charge in [0, 0.05) is 11.9 Å². The Morgan fingerprint density at radius 2 is 2.27 bits per heavy atom. The van der Waals surface area contributed by atoms with Gasteiger partial charge in [-0.05, 0) is 12.0 Å². The zero-order valence-corrected chi connectivity index (χ0v) is 8.94. The summed E-state index contributed by atoms with van der Waals surface area (Å²) < 4.78 is 4.60. The highest BCUT2D eigenvalue weighted by atomic mass is 16.5. The van der Waals surface area contributed by atoms with Crippen molar-refractivity contribution in [2.45, 2.75) is 19.8 Å². The van der Waals surface area contributed by atoms with Gasteiger partial charge in [0.2, 0.25) is 0 Å². The van der Waals surface area contributed by atoms with Gasteiger partial charge in [-0.1, -0.05) is 13.8 Å². The van der Waals surface area contributed by atoms with Gasteiger partial charge in [0.15, 0.2) is 0 Å². The van der Waals surface area contributed by atoms with Crippen molar-refractivity contribution in [3.05, 3.63) is 29.1 Å². The van der Waals surface area contributed by atoms with E-state index in [9.17, 15) is 4.79 Å². The van der Waals surface area contributed by atoms with Crippen molar-refractivity contribution < 1.29 is 9.53 Å². The number of carbonyl (C=O) groups excluding carboxylic acids is 1. The number of pyridine rings is 1. The zero-order chi connectivity index (χ0) is 11.4. The summed E-state index contributed by atoms with van der Waals surface area (Å²) in [5.74, 6) is -0.294. The number of methoxy groups -OCH3 is 1. The van der Waals surface area contributed by atoms with Crippen LogP contribution in [0.3, 0.4) is 0 Å². The third-order valence-corrected chi connectivity index (χ3v) is 2.04. The van der Waals surface area contributed by atoms with Crippen LogP contribution < -0.4 is 0 Å². The molecular weight excluding hydrogens is 192 g/mol.